The molecule has 1 aromatic rings. The minimum absolute atomic E-state index is 0.159. The number of nitrogens with two attached hydrogens (primary N) is 1. The summed E-state index contributed by atoms with van der Waals surface area (Å²) < 4.78 is 5.43. The molecule has 0 saturated carbocycles. The minimum atomic E-state index is -0.384. The molecule has 3 rings (SSSR count). The average molecular weight is 361 g/mol. The largest absolute Gasteiger partial charge is 0.381 e. The molecule has 1 unspecified atom stereocenters. The van der Waals surface area contributed by atoms with E-state index in [4.69, 9.17) is 10.5 Å². The van der Waals surface area contributed by atoms with Crippen LogP contribution in [-0.2, 0) is 4.74 Å². The summed E-state index contributed by atoms with van der Waals surface area (Å²) in [6.07, 6.45) is 5.75. The molecule has 1 atom stereocenters. The number of amides is 1. The lowest BCUT2D eigenvalue weighted by Crippen LogP contribution is -2.48. The molecule has 2 saturated heterocycles. The minimum Gasteiger partial charge on any atom is -0.381 e. The van der Waals surface area contributed by atoms with E-state index in [2.05, 4.69) is 20.5 Å². The van der Waals surface area contributed by atoms with Crippen LogP contribution in [-0.4, -0.2) is 55.4 Å². The van der Waals surface area contributed by atoms with Crippen LogP contribution in [0, 0.1) is 6.92 Å². The monoisotopic (exact) mass is 361 g/mol. The highest BCUT2D eigenvalue weighted by atomic mass is 16.5. The van der Waals surface area contributed by atoms with Crippen molar-refractivity contribution >= 4 is 11.7 Å². The van der Waals surface area contributed by atoms with Gasteiger partial charge in [-0.1, -0.05) is 0 Å². The maximum Gasteiger partial charge on any atom is 0.256 e. The number of anilines is 1. The van der Waals surface area contributed by atoms with Gasteiger partial charge in [0.05, 0.1) is 11.7 Å². The fourth-order valence-corrected chi connectivity index (χ4v) is 3.72. The molecule has 0 aromatic carbocycles. The van der Waals surface area contributed by atoms with Gasteiger partial charge >= 0.3 is 0 Å². The number of nitrogens with zero attached hydrogens (tertiary/aromatic N) is 2. The Labute approximate surface area is 155 Å². The molecule has 0 bridgehead atoms. The molecule has 2 fully saturated rings. The van der Waals surface area contributed by atoms with Crippen molar-refractivity contribution in [1.82, 2.24) is 15.6 Å². The zero-order valence-electron chi connectivity index (χ0n) is 15.8. The van der Waals surface area contributed by atoms with Crippen molar-refractivity contribution in [1.29, 1.82) is 0 Å². The molecule has 2 aliphatic rings. The lowest BCUT2D eigenvalue weighted by Gasteiger charge is -2.36. The Kier molecular flexibility index (Phi) is 6.45. The maximum atomic E-state index is 12.5. The van der Waals surface area contributed by atoms with Crippen LogP contribution >= 0.6 is 0 Å². The normalized spacial score (nSPS) is 20.8. The van der Waals surface area contributed by atoms with E-state index in [1.54, 1.807) is 6.92 Å². The highest BCUT2D eigenvalue weighted by molar-refractivity contribution is 5.99. The van der Waals surface area contributed by atoms with Crippen molar-refractivity contribution in [2.45, 2.75) is 57.8 Å². The molecule has 7 heteroatoms. The first-order valence-corrected chi connectivity index (χ1v) is 9.65. The molecule has 1 aromatic heterocycles. The zero-order chi connectivity index (χ0) is 18.5. The van der Waals surface area contributed by atoms with Gasteiger partial charge in [0, 0.05) is 44.6 Å². The number of aryl methyl sites for hydroxylation is 1. The lowest BCUT2D eigenvalue weighted by molar-refractivity contribution is 0.0738. The summed E-state index contributed by atoms with van der Waals surface area (Å²) in [4.78, 5) is 19.3. The first-order valence-electron chi connectivity index (χ1n) is 9.65. The summed E-state index contributed by atoms with van der Waals surface area (Å²) in [5.41, 5.74) is 7.30. The van der Waals surface area contributed by atoms with Gasteiger partial charge in [-0.05, 0) is 51.2 Å². The second kappa shape index (κ2) is 8.79. The topological polar surface area (TPSA) is 92.5 Å². The summed E-state index contributed by atoms with van der Waals surface area (Å²) >= 11 is 0. The van der Waals surface area contributed by atoms with E-state index in [1.165, 1.54) is 0 Å². The predicted octanol–water partition coefficient (Wildman–Crippen LogP) is 1.16. The predicted molar refractivity (Wildman–Crippen MR) is 102 cm³/mol. The second-order valence-corrected chi connectivity index (χ2v) is 7.46. The molecule has 0 aliphatic carbocycles. The van der Waals surface area contributed by atoms with Gasteiger partial charge in [0.15, 0.2) is 0 Å². The van der Waals surface area contributed by atoms with Gasteiger partial charge in [0.2, 0.25) is 0 Å². The summed E-state index contributed by atoms with van der Waals surface area (Å²) in [6, 6.07) is 3.00. The van der Waals surface area contributed by atoms with Crippen LogP contribution in [0.5, 0.6) is 0 Å². The number of piperidine rings is 1. The molecular formula is C19H31N5O2. The van der Waals surface area contributed by atoms with Crippen LogP contribution in [0.2, 0.25) is 0 Å². The van der Waals surface area contributed by atoms with Gasteiger partial charge in [-0.2, -0.15) is 0 Å². The van der Waals surface area contributed by atoms with E-state index in [0.29, 0.717) is 17.6 Å². The van der Waals surface area contributed by atoms with E-state index in [1.807, 2.05) is 19.2 Å². The number of ether oxygens (including phenoxy) is 1. The third kappa shape index (κ3) is 4.93. The Bertz CT molecular complexity index is 608. The van der Waals surface area contributed by atoms with Crippen molar-refractivity contribution in [3.05, 3.63) is 23.4 Å². The van der Waals surface area contributed by atoms with E-state index in [-0.39, 0.29) is 12.1 Å². The van der Waals surface area contributed by atoms with Crippen LogP contribution in [0.15, 0.2) is 12.3 Å². The van der Waals surface area contributed by atoms with Gasteiger partial charge in [-0.25, -0.2) is 4.98 Å². The number of hydrogen-bond acceptors (Lipinski definition) is 6. The number of carbonyl (C=O) groups is 1. The Balaban J connectivity index is 1.62. The Morgan fingerprint density at radius 2 is 1.92 bits per heavy atom. The van der Waals surface area contributed by atoms with Crippen molar-refractivity contribution in [2.24, 2.45) is 5.73 Å². The zero-order valence-corrected chi connectivity index (χ0v) is 15.8. The molecule has 7 nitrogen and oxygen atoms in total. The second-order valence-electron chi connectivity index (χ2n) is 7.46. The van der Waals surface area contributed by atoms with Crippen molar-refractivity contribution in [3.8, 4) is 0 Å². The molecule has 26 heavy (non-hydrogen) atoms. The highest BCUT2D eigenvalue weighted by Gasteiger charge is 2.26. The molecule has 0 radical (unpaired) electrons. The molecule has 2 aliphatic heterocycles. The SMILES string of the molecule is Cc1cnc(N2CCC(NC3CCOCC3)CC2)c(C(=O)NC(C)N)c1. The van der Waals surface area contributed by atoms with Crippen molar-refractivity contribution < 1.29 is 9.53 Å². The Morgan fingerprint density at radius 1 is 1.27 bits per heavy atom. The summed E-state index contributed by atoms with van der Waals surface area (Å²) in [7, 11) is 0. The number of rotatable bonds is 5. The fraction of sp³-hybridized carbons (Fsp3) is 0.684. The van der Waals surface area contributed by atoms with Crippen LogP contribution in [0.25, 0.3) is 0 Å². The Morgan fingerprint density at radius 3 is 2.58 bits per heavy atom. The Hall–Kier alpha value is -1.70. The van der Waals surface area contributed by atoms with Crippen LogP contribution < -0.4 is 21.3 Å². The van der Waals surface area contributed by atoms with E-state index in [0.717, 1.165) is 63.4 Å². The lowest BCUT2D eigenvalue weighted by atomic mass is 10.0. The molecular weight excluding hydrogens is 330 g/mol. The van der Waals surface area contributed by atoms with E-state index < -0.39 is 0 Å². The fourth-order valence-electron chi connectivity index (χ4n) is 3.72. The van der Waals surface area contributed by atoms with Gasteiger partial charge in [-0.3, -0.25) is 4.79 Å². The van der Waals surface area contributed by atoms with Crippen LogP contribution in [0.3, 0.4) is 0 Å². The van der Waals surface area contributed by atoms with Gasteiger partial charge in [-0.15, -0.1) is 0 Å². The smallest absolute Gasteiger partial charge is 0.256 e. The number of pyridine rings is 1. The average Bonchev–Trinajstić information content (AvgIpc) is 2.63. The van der Waals surface area contributed by atoms with Gasteiger partial charge < -0.3 is 26.0 Å². The number of carbonyl (C=O) groups excluding carboxylic acids is 1. The number of hydrogen-bond donors (Lipinski definition) is 3. The summed E-state index contributed by atoms with van der Waals surface area (Å²) in [6.45, 7) is 7.23. The summed E-state index contributed by atoms with van der Waals surface area (Å²) in [5.74, 6) is 0.604. The number of nitrogens with one attached hydrogen (secondary N) is 2. The molecule has 4 N–H and O–H groups in total. The van der Waals surface area contributed by atoms with E-state index in [9.17, 15) is 4.79 Å². The van der Waals surface area contributed by atoms with Crippen molar-refractivity contribution in [2.75, 3.05) is 31.2 Å². The van der Waals surface area contributed by atoms with Crippen LogP contribution in [0.1, 0.15) is 48.5 Å². The van der Waals surface area contributed by atoms with Gasteiger partial charge in [0.1, 0.15) is 5.82 Å². The van der Waals surface area contributed by atoms with E-state index >= 15 is 0 Å². The first-order chi connectivity index (χ1) is 12.5. The third-order valence-electron chi connectivity index (χ3n) is 5.09. The van der Waals surface area contributed by atoms with Crippen molar-refractivity contribution in [3.63, 3.8) is 0 Å². The van der Waals surface area contributed by atoms with Gasteiger partial charge in [0.25, 0.3) is 5.91 Å². The maximum absolute atomic E-state index is 12.5. The molecule has 144 valence electrons. The van der Waals surface area contributed by atoms with Crippen LogP contribution in [0.4, 0.5) is 5.82 Å². The molecule has 0 spiro atoms. The standard InChI is InChI=1S/C19H31N5O2/c1-13-11-17(19(25)22-14(2)20)18(21-12-13)24-7-3-15(4-8-24)23-16-5-9-26-10-6-16/h11-12,14-16,23H,3-10,20H2,1-2H3,(H,22,25). The molecule has 1 amide bonds. The number of aromatic nitrogens is 1. The molecule has 3 heterocycles. The quantitative estimate of drug-likeness (QED) is 0.682. The first kappa shape index (κ1) is 19.1. The third-order valence-corrected chi connectivity index (χ3v) is 5.09. The summed E-state index contributed by atoms with van der Waals surface area (Å²) in [5, 5.41) is 6.56. The highest BCUT2D eigenvalue weighted by Crippen LogP contribution is 2.24.